The average Bonchev–Trinajstić information content (AvgIpc) is 3.55. The number of hydrogen-bond acceptors (Lipinski definition) is 6. The number of hydrogen-bond donors (Lipinski definition) is 2. The lowest BCUT2D eigenvalue weighted by atomic mass is 10.1. The minimum Gasteiger partial charge on any atom is -0.497 e. The van der Waals surface area contributed by atoms with E-state index in [2.05, 4.69) is 10.6 Å². The summed E-state index contributed by atoms with van der Waals surface area (Å²) in [5.41, 5.74) is 2.36. The van der Waals surface area contributed by atoms with Crippen LogP contribution < -0.4 is 15.4 Å². The molecule has 0 aliphatic carbocycles. The lowest BCUT2D eigenvalue weighted by Gasteiger charge is -2.19. The van der Waals surface area contributed by atoms with Crippen molar-refractivity contribution in [1.29, 1.82) is 0 Å². The summed E-state index contributed by atoms with van der Waals surface area (Å²) < 4.78 is 23.2. The summed E-state index contributed by atoms with van der Waals surface area (Å²) in [7, 11) is 1.59. The predicted molar refractivity (Wildman–Crippen MR) is 141 cm³/mol. The Morgan fingerprint density at radius 3 is 2.29 bits per heavy atom. The van der Waals surface area contributed by atoms with Crippen LogP contribution in [-0.2, 0) is 25.6 Å². The Bertz CT molecular complexity index is 1260. The van der Waals surface area contributed by atoms with E-state index in [4.69, 9.17) is 18.9 Å². The number of rotatable bonds is 9. The second kappa shape index (κ2) is 12.0. The molecule has 0 saturated carbocycles. The van der Waals surface area contributed by atoms with E-state index >= 15 is 0 Å². The van der Waals surface area contributed by atoms with Gasteiger partial charge in [-0.2, -0.15) is 0 Å². The maximum Gasteiger partial charge on any atom is 0.268 e. The first-order chi connectivity index (χ1) is 18.6. The summed E-state index contributed by atoms with van der Waals surface area (Å²) in [6.07, 6.45) is 0.780. The SMILES string of the molecule is COc1ccc(/C=C(\NC(=O)c2ccccc2)C(=O)N[C@@H]2CO[C@H]3[C@@H]2OC[C@H]3OCc2ccccc2)cc1. The van der Waals surface area contributed by atoms with Gasteiger partial charge in [0.05, 0.1) is 33.0 Å². The first kappa shape index (κ1) is 25.7. The van der Waals surface area contributed by atoms with Crippen LogP contribution in [0.5, 0.6) is 5.75 Å². The normalized spacial score (nSPS) is 22.5. The van der Waals surface area contributed by atoms with Crippen LogP contribution in [0.4, 0.5) is 0 Å². The molecular formula is C30H30N2O6. The van der Waals surface area contributed by atoms with Gasteiger partial charge in [-0.1, -0.05) is 60.7 Å². The van der Waals surface area contributed by atoms with E-state index in [0.29, 0.717) is 24.5 Å². The number of fused-ring (bicyclic) bond motifs is 1. The maximum absolute atomic E-state index is 13.4. The highest BCUT2D eigenvalue weighted by Crippen LogP contribution is 2.29. The van der Waals surface area contributed by atoms with E-state index in [1.807, 2.05) is 48.5 Å². The third-order valence-corrected chi connectivity index (χ3v) is 6.59. The summed E-state index contributed by atoms with van der Waals surface area (Å²) in [5, 5.41) is 5.76. The zero-order valence-corrected chi connectivity index (χ0v) is 21.0. The number of benzene rings is 3. The maximum atomic E-state index is 13.4. The molecule has 2 aliphatic rings. The fourth-order valence-electron chi connectivity index (χ4n) is 4.56. The Morgan fingerprint density at radius 1 is 0.895 bits per heavy atom. The summed E-state index contributed by atoms with van der Waals surface area (Å²) in [6.45, 7) is 1.13. The first-order valence-corrected chi connectivity index (χ1v) is 12.5. The van der Waals surface area contributed by atoms with Crippen molar-refractivity contribution in [3.8, 4) is 5.75 Å². The van der Waals surface area contributed by atoms with E-state index < -0.39 is 5.91 Å². The highest BCUT2D eigenvalue weighted by Gasteiger charge is 2.49. The molecule has 5 rings (SSSR count). The minimum absolute atomic E-state index is 0.113. The molecular weight excluding hydrogens is 484 g/mol. The van der Waals surface area contributed by atoms with Gasteiger partial charge in [0.1, 0.15) is 29.8 Å². The number of methoxy groups -OCH3 is 1. The number of ether oxygens (including phenoxy) is 4. The first-order valence-electron chi connectivity index (χ1n) is 12.5. The van der Waals surface area contributed by atoms with Crippen LogP contribution in [0, 0.1) is 0 Å². The molecule has 3 aromatic rings. The highest BCUT2D eigenvalue weighted by atomic mass is 16.6. The van der Waals surface area contributed by atoms with Gasteiger partial charge in [0.15, 0.2) is 0 Å². The molecule has 196 valence electrons. The zero-order chi connectivity index (χ0) is 26.3. The van der Waals surface area contributed by atoms with Crippen LogP contribution in [0.2, 0.25) is 0 Å². The van der Waals surface area contributed by atoms with Crippen LogP contribution in [0.3, 0.4) is 0 Å². The van der Waals surface area contributed by atoms with Gasteiger partial charge in [0, 0.05) is 5.56 Å². The number of carbonyl (C=O) groups is 2. The van der Waals surface area contributed by atoms with Crippen LogP contribution in [0.1, 0.15) is 21.5 Å². The molecule has 0 unspecified atom stereocenters. The molecule has 8 heteroatoms. The molecule has 3 aromatic carbocycles. The third kappa shape index (κ3) is 6.11. The predicted octanol–water partition coefficient (Wildman–Crippen LogP) is 3.33. The third-order valence-electron chi connectivity index (χ3n) is 6.59. The largest absolute Gasteiger partial charge is 0.497 e. The van der Waals surface area contributed by atoms with Crippen LogP contribution in [-0.4, -0.2) is 56.5 Å². The van der Waals surface area contributed by atoms with E-state index in [0.717, 1.165) is 11.1 Å². The van der Waals surface area contributed by atoms with E-state index in [1.165, 1.54) is 0 Å². The standard InChI is InChI=1S/C30H30N2O6/c1-35-23-14-12-20(13-15-23)16-24(31-29(33)22-10-6-3-7-11-22)30(34)32-25-18-37-28-26(19-38-27(25)28)36-17-21-8-4-2-5-9-21/h2-16,25-28H,17-19H2,1H3,(H,31,33)(H,32,34)/b24-16-/t25-,26-,27-,28-/m1/s1. The molecule has 0 aromatic heterocycles. The van der Waals surface area contributed by atoms with Gasteiger partial charge < -0.3 is 29.6 Å². The van der Waals surface area contributed by atoms with Gasteiger partial charge in [-0.25, -0.2) is 0 Å². The molecule has 2 fully saturated rings. The van der Waals surface area contributed by atoms with Crippen molar-refractivity contribution in [2.24, 2.45) is 0 Å². The lowest BCUT2D eigenvalue weighted by molar-refractivity contribution is -0.119. The Morgan fingerprint density at radius 2 is 1.58 bits per heavy atom. The smallest absolute Gasteiger partial charge is 0.268 e. The van der Waals surface area contributed by atoms with Gasteiger partial charge in [-0.15, -0.1) is 0 Å². The van der Waals surface area contributed by atoms with Crippen LogP contribution >= 0.6 is 0 Å². The molecule has 2 aliphatic heterocycles. The fourth-order valence-corrected chi connectivity index (χ4v) is 4.56. The second-order valence-corrected chi connectivity index (χ2v) is 9.16. The van der Waals surface area contributed by atoms with Crippen molar-refractivity contribution < 1.29 is 28.5 Å². The Balaban J connectivity index is 1.27. The van der Waals surface area contributed by atoms with Crippen molar-refractivity contribution in [3.05, 3.63) is 107 Å². The molecule has 2 heterocycles. The molecule has 0 bridgehead atoms. The van der Waals surface area contributed by atoms with Crippen molar-refractivity contribution in [1.82, 2.24) is 10.6 Å². The van der Waals surface area contributed by atoms with E-state index in [-0.39, 0.29) is 42.6 Å². The quantitative estimate of drug-likeness (QED) is 0.426. The van der Waals surface area contributed by atoms with Crippen LogP contribution in [0.25, 0.3) is 6.08 Å². The number of amides is 2. The van der Waals surface area contributed by atoms with Crippen molar-refractivity contribution in [2.45, 2.75) is 31.0 Å². The molecule has 0 radical (unpaired) electrons. The Kier molecular flexibility index (Phi) is 8.13. The molecule has 2 amide bonds. The molecule has 2 saturated heterocycles. The summed E-state index contributed by atoms with van der Waals surface area (Å²) in [4.78, 5) is 26.3. The second-order valence-electron chi connectivity index (χ2n) is 9.16. The van der Waals surface area contributed by atoms with Crippen molar-refractivity contribution in [2.75, 3.05) is 20.3 Å². The molecule has 2 N–H and O–H groups in total. The van der Waals surface area contributed by atoms with E-state index in [9.17, 15) is 9.59 Å². The van der Waals surface area contributed by atoms with Crippen molar-refractivity contribution in [3.63, 3.8) is 0 Å². The average molecular weight is 515 g/mol. The number of carbonyl (C=O) groups excluding carboxylic acids is 2. The van der Waals surface area contributed by atoms with Gasteiger partial charge >= 0.3 is 0 Å². The summed E-state index contributed by atoms with van der Waals surface area (Å²) in [5.74, 6) is -0.123. The number of nitrogens with one attached hydrogen (secondary N) is 2. The van der Waals surface area contributed by atoms with Gasteiger partial charge in [0.25, 0.3) is 11.8 Å². The molecule has 4 atom stereocenters. The highest BCUT2D eigenvalue weighted by molar-refractivity contribution is 6.05. The van der Waals surface area contributed by atoms with Crippen LogP contribution in [0.15, 0.2) is 90.6 Å². The molecule has 0 spiro atoms. The topological polar surface area (TPSA) is 95.1 Å². The zero-order valence-electron chi connectivity index (χ0n) is 21.0. The Hall–Kier alpha value is -3.98. The van der Waals surface area contributed by atoms with Gasteiger partial charge in [0.2, 0.25) is 0 Å². The monoisotopic (exact) mass is 514 g/mol. The molecule has 38 heavy (non-hydrogen) atoms. The molecule has 8 nitrogen and oxygen atoms in total. The lowest BCUT2D eigenvalue weighted by Crippen LogP contribution is -2.46. The summed E-state index contributed by atoms with van der Waals surface area (Å²) in [6, 6.07) is 25.5. The fraction of sp³-hybridized carbons (Fsp3) is 0.267. The summed E-state index contributed by atoms with van der Waals surface area (Å²) >= 11 is 0. The Labute approximate surface area is 221 Å². The van der Waals surface area contributed by atoms with Gasteiger partial charge in [-0.3, -0.25) is 9.59 Å². The van der Waals surface area contributed by atoms with E-state index in [1.54, 1.807) is 49.6 Å². The van der Waals surface area contributed by atoms with Crippen molar-refractivity contribution >= 4 is 17.9 Å². The van der Waals surface area contributed by atoms with Gasteiger partial charge in [-0.05, 0) is 41.5 Å². The minimum atomic E-state index is -0.434.